The second-order valence-corrected chi connectivity index (χ2v) is 33.7. The lowest BCUT2D eigenvalue weighted by Gasteiger charge is -2.19. The van der Waals surface area contributed by atoms with Crippen LogP contribution >= 0.6 is 34.0 Å². The van der Waals surface area contributed by atoms with Gasteiger partial charge in [-0.2, -0.15) is 0 Å². The van der Waals surface area contributed by atoms with Gasteiger partial charge in [0.1, 0.15) is 0 Å². The molecule has 0 aliphatic heterocycles. The number of fused-ring (bicyclic) bond motifs is 3. The van der Waals surface area contributed by atoms with Gasteiger partial charge in [0.2, 0.25) is 11.5 Å². The molecule has 0 saturated heterocycles. The third-order valence-corrected chi connectivity index (χ3v) is 24.8. The summed E-state index contributed by atoms with van der Waals surface area (Å²) in [6.45, 7) is 18.0. The minimum absolute atomic E-state index is 0.682. The van der Waals surface area contributed by atoms with Gasteiger partial charge in [0.05, 0.1) is 49.0 Å². The number of hydrogen-bond acceptors (Lipinski definition) is 9. The Balaban J connectivity index is 1.42. The number of unbranched alkanes of at least 4 members (excludes halogenated alkanes) is 54. The monoisotopic (exact) mass is 1450 g/mol. The van der Waals surface area contributed by atoms with Crippen LogP contribution in [0.15, 0.2) is 36.4 Å². The maximum Gasteiger partial charge on any atom is 0.203 e. The highest BCUT2D eigenvalue weighted by atomic mass is 32.1. The summed E-state index contributed by atoms with van der Waals surface area (Å²) in [5.74, 6) is 4.99. The van der Waals surface area contributed by atoms with Crippen molar-refractivity contribution in [2.45, 2.75) is 427 Å². The standard InChI is InChI=1S/C92H156O6S3/c1-7-13-19-25-31-37-43-49-55-61-67-93-81-73-79(74-82(94-68-62-56-50-44-38-32-26-20-14-8-2)89(81)97-71-65-59-53-47-41-35-29-23-17-11-5)85-77-87-91(100-85)92-88(99-87)78-86(101-92)80-75-83(95-69-63-57-51-45-39-33-27-21-15-9-3)90(98-72-66-60-54-48-42-36-30-24-18-12-6)84(76-80)96-70-64-58-52-46-40-34-28-22-16-10-4/h73-78H,7-72H2,1-6H3. The number of ether oxygens (including phenoxy) is 6. The van der Waals surface area contributed by atoms with E-state index in [1.54, 1.807) is 0 Å². The fourth-order valence-corrected chi connectivity index (χ4v) is 18.4. The Kier molecular flexibility index (Phi) is 54.3. The molecule has 0 aliphatic carbocycles. The highest BCUT2D eigenvalue weighted by molar-refractivity contribution is 7.40. The van der Waals surface area contributed by atoms with Crippen LogP contribution in [-0.2, 0) is 0 Å². The third-order valence-electron chi connectivity index (χ3n) is 20.9. The summed E-state index contributed by atoms with van der Waals surface area (Å²) in [6, 6.07) is 14.0. The van der Waals surface area contributed by atoms with Crippen LogP contribution in [0.1, 0.15) is 427 Å². The Labute approximate surface area is 635 Å². The van der Waals surface area contributed by atoms with Crippen LogP contribution in [0.4, 0.5) is 0 Å². The van der Waals surface area contributed by atoms with Crippen molar-refractivity contribution in [2.24, 2.45) is 0 Å². The van der Waals surface area contributed by atoms with Crippen LogP contribution in [0.2, 0.25) is 0 Å². The van der Waals surface area contributed by atoms with Crippen molar-refractivity contribution in [3.8, 4) is 55.4 Å². The topological polar surface area (TPSA) is 55.4 Å². The Morgan fingerprint density at radius 1 is 0.188 bits per heavy atom. The average molecular weight is 1450 g/mol. The largest absolute Gasteiger partial charge is 0.490 e. The normalized spacial score (nSPS) is 11.7. The SMILES string of the molecule is CCCCCCCCCCCCOc1cc(-c2cc3sc4cc(-c5cc(OCCCCCCCCCCCC)c(OCCCCCCCCCCCC)c(OCCCCCCCCCCCC)c5)sc4c3s2)cc(OCCCCCCCCCCCC)c1OCCCCCCCCCCCC. The molecule has 0 bridgehead atoms. The first-order chi connectivity index (χ1) is 50.0. The molecule has 0 fully saturated rings. The van der Waals surface area contributed by atoms with Crippen molar-refractivity contribution in [1.82, 2.24) is 0 Å². The molecule has 9 heteroatoms. The first-order valence-corrected chi connectivity index (χ1v) is 46.6. The van der Waals surface area contributed by atoms with Gasteiger partial charge in [-0.3, -0.25) is 0 Å². The van der Waals surface area contributed by atoms with E-state index in [4.69, 9.17) is 28.4 Å². The first kappa shape index (κ1) is 88.5. The fourth-order valence-electron chi connectivity index (χ4n) is 14.4. The lowest BCUT2D eigenvalue weighted by molar-refractivity contribution is 0.234. The van der Waals surface area contributed by atoms with Crippen molar-refractivity contribution in [3.63, 3.8) is 0 Å². The average Bonchev–Trinajstić information content (AvgIpc) is 1.60. The predicted molar refractivity (Wildman–Crippen MR) is 450 cm³/mol. The van der Waals surface area contributed by atoms with Gasteiger partial charge in [0, 0.05) is 19.2 Å². The van der Waals surface area contributed by atoms with Gasteiger partial charge in [0.15, 0.2) is 23.0 Å². The van der Waals surface area contributed by atoms with Crippen molar-refractivity contribution < 1.29 is 28.4 Å². The molecule has 0 N–H and O–H groups in total. The first-order valence-electron chi connectivity index (χ1n) is 44.1. The van der Waals surface area contributed by atoms with E-state index in [9.17, 15) is 0 Å². The molecule has 0 radical (unpaired) electrons. The zero-order valence-electron chi connectivity index (χ0n) is 66.8. The second kappa shape index (κ2) is 62.0. The van der Waals surface area contributed by atoms with Crippen molar-refractivity contribution >= 4 is 52.8 Å². The summed E-state index contributed by atoms with van der Waals surface area (Å²) in [4.78, 5) is 2.51. The lowest BCUT2D eigenvalue weighted by Crippen LogP contribution is -2.06. The van der Waals surface area contributed by atoms with Gasteiger partial charge in [-0.25, -0.2) is 0 Å². The molecule has 5 aromatic rings. The van der Waals surface area contributed by atoms with Crippen molar-refractivity contribution in [2.75, 3.05) is 39.6 Å². The van der Waals surface area contributed by atoms with E-state index in [2.05, 4.69) is 77.9 Å². The molecule has 5 rings (SSSR count). The number of benzene rings is 2. The van der Waals surface area contributed by atoms with E-state index >= 15 is 0 Å². The summed E-state index contributed by atoms with van der Waals surface area (Å²) in [5.41, 5.74) is 2.32. The predicted octanol–water partition coefficient (Wildman–Crippen LogP) is 33.3. The van der Waals surface area contributed by atoms with E-state index in [0.717, 1.165) is 84.1 Å². The molecule has 0 saturated carbocycles. The van der Waals surface area contributed by atoms with Gasteiger partial charge in [-0.1, -0.05) is 388 Å². The minimum Gasteiger partial charge on any atom is -0.490 e. The van der Waals surface area contributed by atoms with Crippen LogP contribution in [-0.4, -0.2) is 39.6 Å². The van der Waals surface area contributed by atoms with Crippen LogP contribution in [0, 0.1) is 0 Å². The summed E-state index contributed by atoms with van der Waals surface area (Å²) < 4.78 is 47.0. The van der Waals surface area contributed by atoms with Gasteiger partial charge < -0.3 is 28.4 Å². The molecular formula is C92H156O6S3. The van der Waals surface area contributed by atoms with Gasteiger partial charge in [0.25, 0.3) is 0 Å². The lowest BCUT2D eigenvalue weighted by atomic mass is 10.1. The Bertz CT molecular complexity index is 2410. The molecule has 0 atom stereocenters. The van der Waals surface area contributed by atoms with Gasteiger partial charge in [-0.05, 0) is 86.1 Å². The van der Waals surface area contributed by atoms with Crippen molar-refractivity contribution in [1.29, 1.82) is 0 Å². The van der Waals surface area contributed by atoms with Crippen molar-refractivity contribution in [3.05, 3.63) is 36.4 Å². The summed E-state index contributed by atoms with van der Waals surface area (Å²) in [5, 5.41) is 0. The summed E-state index contributed by atoms with van der Waals surface area (Å²) in [6.07, 6.45) is 78.2. The molecule has 578 valence electrons. The second-order valence-electron chi connectivity index (χ2n) is 30.5. The fraction of sp³-hybridized carbons (Fsp3) is 0.783. The van der Waals surface area contributed by atoms with Gasteiger partial charge in [-0.15, -0.1) is 34.0 Å². The van der Waals surface area contributed by atoms with E-state index in [1.165, 1.54) is 375 Å². The number of thiophene rings is 3. The summed E-state index contributed by atoms with van der Waals surface area (Å²) >= 11 is 5.78. The molecule has 6 nitrogen and oxygen atoms in total. The Morgan fingerprint density at radius 2 is 0.356 bits per heavy atom. The zero-order valence-corrected chi connectivity index (χ0v) is 69.3. The Hall–Kier alpha value is -3.14. The van der Waals surface area contributed by atoms with Crippen LogP contribution in [0.3, 0.4) is 0 Å². The van der Waals surface area contributed by atoms with Crippen LogP contribution in [0.25, 0.3) is 39.7 Å². The van der Waals surface area contributed by atoms with Crippen LogP contribution < -0.4 is 28.4 Å². The highest BCUT2D eigenvalue weighted by Gasteiger charge is 2.23. The van der Waals surface area contributed by atoms with Crippen LogP contribution in [0.5, 0.6) is 34.5 Å². The molecule has 2 aromatic carbocycles. The number of rotatable bonds is 74. The van der Waals surface area contributed by atoms with E-state index in [-0.39, 0.29) is 0 Å². The molecule has 0 spiro atoms. The molecule has 0 aliphatic rings. The highest BCUT2D eigenvalue weighted by Crippen LogP contribution is 2.52. The maximum absolute atomic E-state index is 6.94. The smallest absolute Gasteiger partial charge is 0.203 e. The summed E-state index contributed by atoms with van der Waals surface area (Å²) in [7, 11) is 0. The number of hydrogen-bond donors (Lipinski definition) is 0. The van der Waals surface area contributed by atoms with Gasteiger partial charge >= 0.3 is 0 Å². The van der Waals surface area contributed by atoms with E-state index in [1.807, 2.05) is 34.0 Å². The minimum atomic E-state index is 0.682. The molecular weight excluding hydrogens is 1300 g/mol. The maximum atomic E-state index is 6.94. The Morgan fingerprint density at radius 3 is 0.545 bits per heavy atom. The molecule has 0 unspecified atom stereocenters. The quantitative estimate of drug-likeness (QED) is 0.0362. The third kappa shape index (κ3) is 40.4. The molecule has 3 aromatic heterocycles. The molecule has 0 amide bonds. The van der Waals surface area contributed by atoms with E-state index in [0.29, 0.717) is 39.6 Å². The zero-order chi connectivity index (χ0) is 71.4. The molecule has 3 heterocycles. The molecule has 101 heavy (non-hydrogen) atoms. The van der Waals surface area contributed by atoms with E-state index < -0.39 is 0 Å².